The van der Waals surface area contributed by atoms with Gasteiger partial charge >= 0.3 is 0 Å². The van der Waals surface area contributed by atoms with Crippen LogP contribution in [0, 0.1) is 12.7 Å². The van der Waals surface area contributed by atoms with Crippen LogP contribution in [0.3, 0.4) is 0 Å². The van der Waals surface area contributed by atoms with Crippen LogP contribution in [0.2, 0.25) is 0 Å². The molecule has 0 aromatic heterocycles. The molecular weight excluding hydrogens is 257 g/mol. The zero-order chi connectivity index (χ0) is 14.5. The molecule has 0 saturated carbocycles. The molecule has 1 atom stereocenters. The molecule has 20 heavy (non-hydrogen) atoms. The van der Waals surface area contributed by atoms with Crippen LogP contribution in [-0.4, -0.2) is 12.0 Å². The summed E-state index contributed by atoms with van der Waals surface area (Å²) in [7, 11) is 0. The van der Waals surface area contributed by atoms with E-state index in [9.17, 15) is 9.18 Å². The monoisotopic (exact) mass is 273 g/mol. The molecule has 0 saturated heterocycles. The lowest BCUT2D eigenvalue weighted by Crippen LogP contribution is -2.30. The summed E-state index contributed by atoms with van der Waals surface area (Å²) in [4.78, 5) is 12.0. The Kier molecular flexibility index (Phi) is 4.35. The lowest BCUT2D eigenvalue weighted by Gasteiger charge is -2.16. The number of hydrogen-bond acceptors (Lipinski definition) is 2. The Morgan fingerprint density at radius 1 is 1.15 bits per heavy atom. The van der Waals surface area contributed by atoms with Crippen LogP contribution < -0.4 is 10.1 Å². The first-order chi connectivity index (χ1) is 9.58. The highest BCUT2D eigenvalue weighted by atomic mass is 19.1. The summed E-state index contributed by atoms with van der Waals surface area (Å²) >= 11 is 0. The number of nitrogens with one attached hydrogen (secondary N) is 1. The molecule has 2 aromatic rings. The summed E-state index contributed by atoms with van der Waals surface area (Å²) in [5.74, 6) is -0.217. The molecule has 104 valence electrons. The van der Waals surface area contributed by atoms with E-state index in [1.54, 1.807) is 25.1 Å². The SMILES string of the molecule is Cc1ccccc1O[C@H](C)C(=O)Nc1ccccc1F. The molecule has 3 nitrogen and oxygen atoms in total. The fourth-order valence-electron chi connectivity index (χ4n) is 1.73. The van der Waals surface area contributed by atoms with E-state index >= 15 is 0 Å². The maximum atomic E-state index is 13.4. The normalized spacial score (nSPS) is 11.8. The maximum absolute atomic E-state index is 13.4. The highest BCUT2D eigenvalue weighted by Gasteiger charge is 2.16. The van der Waals surface area contributed by atoms with Crippen molar-refractivity contribution in [3.63, 3.8) is 0 Å². The van der Waals surface area contributed by atoms with E-state index in [1.807, 2.05) is 25.1 Å². The number of anilines is 1. The van der Waals surface area contributed by atoms with Crippen molar-refractivity contribution in [1.29, 1.82) is 0 Å². The van der Waals surface area contributed by atoms with Gasteiger partial charge < -0.3 is 10.1 Å². The summed E-state index contributed by atoms with van der Waals surface area (Å²) in [5.41, 5.74) is 1.09. The van der Waals surface area contributed by atoms with Crippen molar-refractivity contribution in [2.45, 2.75) is 20.0 Å². The van der Waals surface area contributed by atoms with Crippen molar-refractivity contribution in [2.24, 2.45) is 0 Å². The van der Waals surface area contributed by atoms with E-state index in [4.69, 9.17) is 4.74 Å². The van der Waals surface area contributed by atoms with Gasteiger partial charge in [0.2, 0.25) is 0 Å². The van der Waals surface area contributed by atoms with Gasteiger partial charge in [-0.05, 0) is 37.6 Å². The third kappa shape index (κ3) is 3.35. The Hall–Kier alpha value is -2.36. The van der Waals surface area contributed by atoms with Gasteiger partial charge in [-0.3, -0.25) is 4.79 Å². The first-order valence-electron chi connectivity index (χ1n) is 6.35. The molecule has 1 amide bonds. The average molecular weight is 273 g/mol. The molecule has 0 bridgehead atoms. The number of halogens is 1. The van der Waals surface area contributed by atoms with Crippen molar-refractivity contribution < 1.29 is 13.9 Å². The van der Waals surface area contributed by atoms with Crippen LogP contribution in [0.15, 0.2) is 48.5 Å². The fourth-order valence-corrected chi connectivity index (χ4v) is 1.73. The zero-order valence-corrected chi connectivity index (χ0v) is 11.4. The number of amides is 1. The van der Waals surface area contributed by atoms with Crippen molar-refractivity contribution in [2.75, 3.05) is 5.32 Å². The number of carbonyl (C=O) groups excluding carboxylic acids is 1. The molecule has 0 aliphatic carbocycles. The smallest absolute Gasteiger partial charge is 0.265 e. The average Bonchev–Trinajstić information content (AvgIpc) is 2.43. The summed E-state index contributed by atoms with van der Waals surface area (Å²) in [6, 6.07) is 13.5. The minimum absolute atomic E-state index is 0.151. The van der Waals surface area contributed by atoms with Gasteiger partial charge in [0.15, 0.2) is 6.10 Å². The van der Waals surface area contributed by atoms with E-state index in [0.29, 0.717) is 5.75 Å². The summed E-state index contributed by atoms with van der Waals surface area (Å²) < 4.78 is 19.0. The van der Waals surface area contributed by atoms with Crippen LogP contribution in [0.1, 0.15) is 12.5 Å². The quantitative estimate of drug-likeness (QED) is 0.925. The van der Waals surface area contributed by atoms with Gasteiger partial charge in [-0.1, -0.05) is 30.3 Å². The molecule has 0 aliphatic rings. The molecule has 1 N–H and O–H groups in total. The van der Waals surface area contributed by atoms with Crippen LogP contribution >= 0.6 is 0 Å². The van der Waals surface area contributed by atoms with E-state index in [-0.39, 0.29) is 5.69 Å². The summed E-state index contributed by atoms with van der Waals surface area (Å²) in [6.45, 7) is 3.53. The number of para-hydroxylation sites is 2. The molecule has 0 fully saturated rings. The first-order valence-corrected chi connectivity index (χ1v) is 6.35. The second kappa shape index (κ2) is 6.19. The van der Waals surface area contributed by atoms with E-state index < -0.39 is 17.8 Å². The Bertz CT molecular complexity index is 613. The second-order valence-corrected chi connectivity index (χ2v) is 4.49. The van der Waals surface area contributed by atoms with Crippen LogP contribution in [0.4, 0.5) is 10.1 Å². The molecule has 2 aromatic carbocycles. The van der Waals surface area contributed by atoms with Gasteiger partial charge in [-0.2, -0.15) is 0 Å². The lowest BCUT2D eigenvalue weighted by molar-refractivity contribution is -0.122. The fraction of sp³-hybridized carbons (Fsp3) is 0.188. The van der Waals surface area contributed by atoms with Gasteiger partial charge in [0.05, 0.1) is 5.69 Å². The molecule has 0 unspecified atom stereocenters. The van der Waals surface area contributed by atoms with Crippen LogP contribution in [-0.2, 0) is 4.79 Å². The minimum Gasteiger partial charge on any atom is -0.481 e. The Labute approximate surface area is 117 Å². The van der Waals surface area contributed by atoms with Gasteiger partial charge in [-0.25, -0.2) is 4.39 Å². The van der Waals surface area contributed by atoms with Crippen molar-refractivity contribution >= 4 is 11.6 Å². The molecular formula is C16H16FNO2. The maximum Gasteiger partial charge on any atom is 0.265 e. The third-order valence-electron chi connectivity index (χ3n) is 2.90. The number of benzene rings is 2. The minimum atomic E-state index is -0.712. The van der Waals surface area contributed by atoms with Crippen molar-refractivity contribution in [3.8, 4) is 5.75 Å². The van der Waals surface area contributed by atoms with Gasteiger partial charge in [-0.15, -0.1) is 0 Å². The number of ether oxygens (including phenoxy) is 1. The highest BCUT2D eigenvalue weighted by Crippen LogP contribution is 2.19. The van der Waals surface area contributed by atoms with Crippen molar-refractivity contribution in [3.05, 3.63) is 59.9 Å². The molecule has 0 spiro atoms. The standard InChI is InChI=1S/C16H16FNO2/c1-11-7-3-6-10-15(11)20-12(2)16(19)18-14-9-5-4-8-13(14)17/h3-10,12H,1-2H3,(H,18,19)/t12-/m1/s1. The van der Waals surface area contributed by atoms with E-state index in [2.05, 4.69) is 5.32 Å². The van der Waals surface area contributed by atoms with Crippen LogP contribution in [0.25, 0.3) is 0 Å². The van der Waals surface area contributed by atoms with E-state index in [0.717, 1.165) is 5.56 Å². The van der Waals surface area contributed by atoms with Gasteiger partial charge in [0.25, 0.3) is 5.91 Å². The number of carbonyl (C=O) groups is 1. The molecule has 0 heterocycles. The molecule has 0 radical (unpaired) electrons. The molecule has 2 rings (SSSR count). The first kappa shape index (κ1) is 14.1. The predicted octanol–water partition coefficient (Wildman–Crippen LogP) is 3.54. The summed E-state index contributed by atoms with van der Waals surface area (Å²) in [5, 5.41) is 2.51. The largest absolute Gasteiger partial charge is 0.481 e. The zero-order valence-electron chi connectivity index (χ0n) is 11.4. The van der Waals surface area contributed by atoms with Crippen molar-refractivity contribution in [1.82, 2.24) is 0 Å². The molecule has 0 aliphatic heterocycles. The van der Waals surface area contributed by atoms with Crippen LogP contribution in [0.5, 0.6) is 5.75 Å². The Morgan fingerprint density at radius 2 is 1.80 bits per heavy atom. The number of rotatable bonds is 4. The number of aryl methyl sites for hydroxylation is 1. The lowest BCUT2D eigenvalue weighted by atomic mass is 10.2. The summed E-state index contributed by atoms with van der Waals surface area (Å²) in [6.07, 6.45) is -0.712. The molecule has 4 heteroatoms. The Morgan fingerprint density at radius 3 is 2.50 bits per heavy atom. The Balaban J connectivity index is 2.03. The third-order valence-corrected chi connectivity index (χ3v) is 2.90. The number of hydrogen-bond donors (Lipinski definition) is 1. The van der Waals surface area contributed by atoms with E-state index in [1.165, 1.54) is 12.1 Å². The predicted molar refractivity (Wildman–Crippen MR) is 76.3 cm³/mol. The van der Waals surface area contributed by atoms with Gasteiger partial charge in [0, 0.05) is 0 Å². The topological polar surface area (TPSA) is 38.3 Å². The second-order valence-electron chi connectivity index (χ2n) is 4.49. The van der Waals surface area contributed by atoms with Gasteiger partial charge in [0.1, 0.15) is 11.6 Å². The highest BCUT2D eigenvalue weighted by molar-refractivity contribution is 5.94.